The van der Waals surface area contributed by atoms with E-state index in [0.29, 0.717) is 0 Å². The number of hydrogen-bond acceptors (Lipinski definition) is 0. The van der Waals surface area contributed by atoms with Crippen LogP contribution in [-0.2, 0) is 0 Å². The van der Waals surface area contributed by atoms with Crippen molar-refractivity contribution in [1.29, 1.82) is 0 Å². The standard InChI is InChI=1S/C15H22FP/c1-3-5-13(6-4-2)11-12-17-15-9-7-14(16)8-10-15/h7-10,12-13H,3-6,11H2,1-2H3. The van der Waals surface area contributed by atoms with Crippen LogP contribution in [0.5, 0.6) is 0 Å². The first-order valence-corrected chi connectivity index (χ1v) is 7.50. The number of benzene rings is 1. The van der Waals surface area contributed by atoms with E-state index in [0.717, 1.165) is 5.92 Å². The van der Waals surface area contributed by atoms with Crippen molar-refractivity contribution in [3.8, 4) is 0 Å². The van der Waals surface area contributed by atoms with Crippen LogP contribution < -0.4 is 5.30 Å². The molecule has 0 spiro atoms. The Bertz CT molecular complexity index is 323. The van der Waals surface area contributed by atoms with E-state index in [1.165, 1.54) is 57.7 Å². The van der Waals surface area contributed by atoms with E-state index in [-0.39, 0.29) is 5.82 Å². The third-order valence-electron chi connectivity index (χ3n) is 2.90. The monoisotopic (exact) mass is 252 g/mol. The van der Waals surface area contributed by atoms with Gasteiger partial charge in [-0.25, -0.2) is 4.39 Å². The van der Waals surface area contributed by atoms with Gasteiger partial charge in [-0.05, 0) is 36.6 Å². The molecule has 0 amide bonds. The lowest BCUT2D eigenvalue weighted by molar-refractivity contribution is 0.459. The average Bonchev–Trinajstić information content (AvgIpc) is 2.32. The van der Waals surface area contributed by atoms with Gasteiger partial charge in [0.1, 0.15) is 5.82 Å². The highest BCUT2D eigenvalue weighted by atomic mass is 31.1. The lowest BCUT2D eigenvalue weighted by atomic mass is 9.96. The van der Waals surface area contributed by atoms with Gasteiger partial charge in [0.2, 0.25) is 0 Å². The Kier molecular flexibility index (Phi) is 7.12. The Morgan fingerprint density at radius 3 is 2.24 bits per heavy atom. The highest BCUT2D eigenvalue weighted by molar-refractivity contribution is 7.47. The molecule has 2 heteroatoms. The normalized spacial score (nSPS) is 11.5. The first-order valence-electron chi connectivity index (χ1n) is 6.54. The molecule has 1 rings (SSSR count). The van der Waals surface area contributed by atoms with Crippen LogP contribution in [-0.4, -0.2) is 5.80 Å². The first-order chi connectivity index (χ1) is 8.26. The molecule has 0 aliphatic heterocycles. The van der Waals surface area contributed by atoms with E-state index in [1.807, 2.05) is 12.1 Å². The minimum atomic E-state index is -0.154. The summed E-state index contributed by atoms with van der Waals surface area (Å²) in [5, 5.41) is 1.18. The lowest BCUT2D eigenvalue weighted by Gasteiger charge is -2.11. The van der Waals surface area contributed by atoms with Crippen LogP contribution in [0.4, 0.5) is 4.39 Å². The van der Waals surface area contributed by atoms with E-state index in [1.54, 1.807) is 0 Å². The summed E-state index contributed by atoms with van der Waals surface area (Å²) in [7, 11) is 1.21. The van der Waals surface area contributed by atoms with Gasteiger partial charge in [-0.1, -0.05) is 53.5 Å². The van der Waals surface area contributed by atoms with Crippen molar-refractivity contribution in [1.82, 2.24) is 0 Å². The van der Waals surface area contributed by atoms with Crippen molar-refractivity contribution in [3.63, 3.8) is 0 Å². The highest BCUT2D eigenvalue weighted by Gasteiger charge is 2.03. The van der Waals surface area contributed by atoms with E-state index in [4.69, 9.17) is 0 Å². The summed E-state index contributed by atoms with van der Waals surface area (Å²) in [4.78, 5) is 0. The summed E-state index contributed by atoms with van der Waals surface area (Å²) < 4.78 is 12.7. The number of hydrogen-bond donors (Lipinski definition) is 0. The maximum absolute atomic E-state index is 12.7. The van der Waals surface area contributed by atoms with Crippen molar-refractivity contribution in [2.45, 2.75) is 46.0 Å². The van der Waals surface area contributed by atoms with Crippen LogP contribution >= 0.6 is 8.20 Å². The molecule has 1 aromatic carbocycles. The molecule has 0 fully saturated rings. The molecule has 0 aliphatic carbocycles. The van der Waals surface area contributed by atoms with E-state index >= 15 is 0 Å². The van der Waals surface area contributed by atoms with Crippen molar-refractivity contribution in [3.05, 3.63) is 30.1 Å². The van der Waals surface area contributed by atoms with Crippen molar-refractivity contribution >= 4 is 19.3 Å². The SMILES string of the molecule is CCCC(CC=Pc1ccc(F)cc1)CCC. The van der Waals surface area contributed by atoms with Gasteiger partial charge in [-0.2, -0.15) is 0 Å². The maximum atomic E-state index is 12.7. The Morgan fingerprint density at radius 1 is 1.12 bits per heavy atom. The molecule has 0 aromatic heterocycles. The van der Waals surface area contributed by atoms with Crippen molar-refractivity contribution < 1.29 is 4.39 Å². The predicted octanol–water partition coefficient (Wildman–Crippen LogP) is 4.81. The topological polar surface area (TPSA) is 0 Å². The van der Waals surface area contributed by atoms with Crippen LogP contribution in [0.25, 0.3) is 0 Å². The molecule has 0 saturated carbocycles. The first kappa shape index (κ1) is 14.4. The second-order valence-electron chi connectivity index (χ2n) is 4.47. The summed E-state index contributed by atoms with van der Waals surface area (Å²) in [5.74, 6) is 3.00. The van der Waals surface area contributed by atoms with Crippen molar-refractivity contribution in [2.75, 3.05) is 0 Å². The Balaban J connectivity index is 2.44. The van der Waals surface area contributed by atoms with Gasteiger partial charge < -0.3 is 0 Å². The molecule has 0 aliphatic rings. The minimum absolute atomic E-state index is 0.154. The Morgan fingerprint density at radius 2 is 1.71 bits per heavy atom. The summed E-state index contributed by atoms with van der Waals surface area (Å²) in [5.41, 5.74) is 0. The maximum Gasteiger partial charge on any atom is 0.123 e. The summed E-state index contributed by atoms with van der Waals surface area (Å²) in [6.45, 7) is 4.50. The highest BCUT2D eigenvalue weighted by Crippen LogP contribution is 2.17. The van der Waals surface area contributed by atoms with Crippen LogP contribution in [0.1, 0.15) is 46.0 Å². The smallest absolute Gasteiger partial charge is 0.123 e. The van der Waals surface area contributed by atoms with E-state index in [2.05, 4.69) is 19.6 Å². The van der Waals surface area contributed by atoms with Gasteiger partial charge in [0, 0.05) is 5.30 Å². The largest absolute Gasteiger partial charge is 0.207 e. The molecular formula is C15H22FP. The predicted molar refractivity (Wildman–Crippen MR) is 76.9 cm³/mol. The zero-order valence-corrected chi connectivity index (χ0v) is 11.7. The molecule has 94 valence electrons. The number of rotatable bonds is 7. The van der Waals surface area contributed by atoms with Gasteiger partial charge >= 0.3 is 0 Å². The number of halogens is 1. The van der Waals surface area contributed by atoms with Gasteiger partial charge in [0.05, 0.1) is 0 Å². The molecule has 0 heterocycles. The summed E-state index contributed by atoms with van der Waals surface area (Å²) in [6.07, 6.45) is 6.37. The molecule has 0 saturated heterocycles. The van der Waals surface area contributed by atoms with Gasteiger partial charge in [0.15, 0.2) is 0 Å². The fourth-order valence-corrected chi connectivity index (χ4v) is 2.97. The minimum Gasteiger partial charge on any atom is -0.207 e. The van der Waals surface area contributed by atoms with Gasteiger partial charge in [-0.3, -0.25) is 0 Å². The van der Waals surface area contributed by atoms with E-state index in [9.17, 15) is 4.39 Å². The fourth-order valence-electron chi connectivity index (χ4n) is 2.03. The summed E-state index contributed by atoms with van der Waals surface area (Å²) in [6, 6.07) is 6.79. The van der Waals surface area contributed by atoms with Crippen LogP contribution in [0.2, 0.25) is 0 Å². The van der Waals surface area contributed by atoms with E-state index < -0.39 is 0 Å². The molecule has 17 heavy (non-hydrogen) atoms. The molecule has 1 aromatic rings. The van der Waals surface area contributed by atoms with Crippen LogP contribution in [0, 0.1) is 11.7 Å². The average molecular weight is 252 g/mol. The fraction of sp³-hybridized carbons (Fsp3) is 0.533. The Labute approximate surface area is 106 Å². The van der Waals surface area contributed by atoms with Crippen LogP contribution in [0.3, 0.4) is 0 Å². The molecule has 0 bridgehead atoms. The van der Waals surface area contributed by atoms with Crippen molar-refractivity contribution in [2.24, 2.45) is 5.92 Å². The summed E-state index contributed by atoms with van der Waals surface area (Å²) >= 11 is 0. The third kappa shape index (κ3) is 5.98. The molecule has 0 unspecified atom stereocenters. The molecule has 0 atom stereocenters. The second kappa shape index (κ2) is 8.42. The Hall–Kier alpha value is -0.680. The van der Waals surface area contributed by atoms with Gasteiger partial charge in [0.25, 0.3) is 0 Å². The second-order valence-corrected chi connectivity index (χ2v) is 5.61. The molecule has 0 N–H and O–H groups in total. The molecule has 0 nitrogen and oxygen atoms in total. The third-order valence-corrected chi connectivity index (χ3v) is 3.89. The van der Waals surface area contributed by atoms with Crippen LogP contribution in [0.15, 0.2) is 24.3 Å². The zero-order valence-electron chi connectivity index (χ0n) is 10.8. The zero-order chi connectivity index (χ0) is 12.5. The molecular weight excluding hydrogens is 230 g/mol. The molecule has 0 radical (unpaired) electrons. The quantitative estimate of drug-likeness (QED) is 0.611. The lowest BCUT2D eigenvalue weighted by Crippen LogP contribution is -2.00. The van der Waals surface area contributed by atoms with Gasteiger partial charge in [-0.15, -0.1) is 0 Å².